The maximum atomic E-state index is 12.3. The molecule has 1 saturated heterocycles. The molecular formula is C19H19ClN4O. The summed E-state index contributed by atoms with van der Waals surface area (Å²) in [4.78, 5) is 23.3. The van der Waals surface area contributed by atoms with Crippen LogP contribution >= 0.6 is 11.6 Å². The van der Waals surface area contributed by atoms with Crippen LogP contribution in [-0.4, -0.2) is 38.4 Å². The molecule has 0 unspecified atom stereocenters. The number of likely N-dealkylation sites (tertiary alicyclic amines) is 1. The predicted molar refractivity (Wildman–Crippen MR) is 98.4 cm³/mol. The van der Waals surface area contributed by atoms with E-state index in [1.54, 1.807) is 6.20 Å². The summed E-state index contributed by atoms with van der Waals surface area (Å²) in [6.07, 6.45) is 6.39. The van der Waals surface area contributed by atoms with Crippen LogP contribution in [0.4, 0.5) is 0 Å². The Balaban J connectivity index is 1.54. The molecular weight excluding hydrogens is 336 g/mol. The first kappa shape index (κ1) is 16.1. The highest BCUT2D eigenvalue weighted by atomic mass is 35.5. The summed E-state index contributed by atoms with van der Waals surface area (Å²) in [7, 11) is 0. The van der Waals surface area contributed by atoms with Gasteiger partial charge in [0.1, 0.15) is 5.69 Å². The van der Waals surface area contributed by atoms with E-state index in [0.717, 1.165) is 48.4 Å². The maximum Gasteiger partial charge on any atom is 0.224 e. The first-order chi connectivity index (χ1) is 12.2. The number of halogens is 1. The van der Waals surface area contributed by atoms with Crippen LogP contribution in [0.25, 0.3) is 22.4 Å². The van der Waals surface area contributed by atoms with Crippen LogP contribution < -0.4 is 0 Å². The Morgan fingerprint density at radius 1 is 1.16 bits per heavy atom. The second-order valence-electron chi connectivity index (χ2n) is 6.32. The summed E-state index contributed by atoms with van der Waals surface area (Å²) in [5.74, 6) is 1.00. The number of fused-ring (bicyclic) bond motifs is 1. The second kappa shape index (κ2) is 6.84. The number of hydrogen-bond acceptors (Lipinski definition) is 3. The monoisotopic (exact) mass is 354 g/mol. The number of imidazole rings is 1. The quantitative estimate of drug-likeness (QED) is 0.716. The van der Waals surface area contributed by atoms with Gasteiger partial charge in [-0.1, -0.05) is 17.7 Å². The van der Waals surface area contributed by atoms with Crippen LogP contribution in [0.2, 0.25) is 5.02 Å². The van der Waals surface area contributed by atoms with E-state index >= 15 is 0 Å². The maximum absolute atomic E-state index is 12.3. The van der Waals surface area contributed by atoms with Crippen LogP contribution in [0.15, 0.2) is 42.7 Å². The third-order valence-electron chi connectivity index (χ3n) is 4.62. The van der Waals surface area contributed by atoms with Gasteiger partial charge in [-0.15, -0.1) is 0 Å². The van der Waals surface area contributed by atoms with Crippen molar-refractivity contribution in [1.82, 2.24) is 19.4 Å². The lowest BCUT2D eigenvalue weighted by Crippen LogP contribution is -2.28. The highest BCUT2D eigenvalue weighted by Gasteiger charge is 2.18. The van der Waals surface area contributed by atoms with Crippen LogP contribution in [0.1, 0.15) is 19.3 Å². The summed E-state index contributed by atoms with van der Waals surface area (Å²) >= 11 is 6.03. The molecule has 0 N–H and O–H groups in total. The van der Waals surface area contributed by atoms with E-state index in [1.165, 1.54) is 0 Å². The Labute approximate surface area is 151 Å². The summed E-state index contributed by atoms with van der Waals surface area (Å²) in [6, 6.07) is 9.58. The van der Waals surface area contributed by atoms with Crippen LogP contribution in [0, 0.1) is 0 Å². The number of nitrogens with zero attached hydrogens (tertiary/aromatic N) is 4. The van der Waals surface area contributed by atoms with Gasteiger partial charge < -0.3 is 9.47 Å². The summed E-state index contributed by atoms with van der Waals surface area (Å²) in [5.41, 5.74) is 1.68. The van der Waals surface area contributed by atoms with Crippen LogP contribution in [-0.2, 0) is 11.3 Å². The largest absolute Gasteiger partial charge is 0.343 e. The molecule has 1 aliphatic heterocycles. The van der Waals surface area contributed by atoms with E-state index in [2.05, 4.69) is 9.97 Å². The lowest BCUT2D eigenvalue weighted by atomic mass is 10.2. The average molecular weight is 355 g/mol. The standard InChI is InChI=1S/C19H19ClN4O/c20-15-4-6-16-14(13-15)3-5-17(22-16)19-21-8-12-24(19)11-7-18(25)23-9-1-2-10-23/h3-6,8,12-13H,1-2,7,9-11H2. The number of benzene rings is 1. The third kappa shape index (κ3) is 3.37. The molecule has 3 aromatic rings. The van der Waals surface area contributed by atoms with Crippen molar-refractivity contribution in [3.05, 3.63) is 47.7 Å². The Kier molecular flexibility index (Phi) is 4.40. The molecule has 0 bridgehead atoms. The number of pyridine rings is 1. The first-order valence-corrected chi connectivity index (χ1v) is 8.94. The molecule has 6 heteroatoms. The fourth-order valence-electron chi connectivity index (χ4n) is 3.28. The van der Waals surface area contributed by atoms with Crippen molar-refractivity contribution < 1.29 is 4.79 Å². The van der Waals surface area contributed by atoms with Crippen molar-refractivity contribution in [2.45, 2.75) is 25.8 Å². The molecule has 5 nitrogen and oxygen atoms in total. The molecule has 4 rings (SSSR count). The second-order valence-corrected chi connectivity index (χ2v) is 6.75. The Morgan fingerprint density at radius 3 is 2.84 bits per heavy atom. The minimum atomic E-state index is 0.221. The fourth-order valence-corrected chi connectivity index (χ4v) is 3.47. The number of rotatable bonds is 4. The molecule has 1 amide bonds. The zero-order chi connectivity index (χ0) is 17.2. The van der Waals surface area contributed by atoms with E-state index in [0.29, 0.717) is 18.0 Å². The van der Waals surface area contributed by atoms with E-state index in [9.17, 15) is 4.79 Å². The van der Waals surface area contributed by atoms with E-state index < -0.39 is 0 Å². The van der Waals surface area contributed by atoms with Crippen molar-refractivity contribution >= 4 is 28.4 Å². The van der Waals surface area contributed by atoms with E-state index in [1.807, 2.05) is 46.0 Å². The van der Waals surface area contributed by atoms with Crippen LogP contribution in [0.3, 0.4) is 0 Å². The van der Waals surface area contributed by atoms with Gasteiger partial charge in [0, 0.05) is 48.9 Å². The Bertz CT molecular complexity index is 915. The van der Waals surface area contributed by atoms with Gasteiger partial charge in [-0.25, -0.2) is 9.97 Å². The number of carbonyl (C=O) groups is 1. The highest BCUT2D eigenvalue weighted by Crippen LogP contribution is 2.22. The molecule has 3 heterocycles. The molecule has 128 valence electrons. The number of hydrogen-bond donors (Lipinski definition) is 0. The van der Waals surface area contributed by atoms with Gasteiger partial charge in [-0.05, 0) is 37.1 Å². The average Bonchev–Trinajstić information content (AvgIpc) is 3.31. The summed E-state index contributed by atoms with van der Waals surface area (Å²) in [5, 5.41) is 1.70. The Morgan fingerprint density at radius 2 is 2.00 bits per heavy atom. The number of amides is 1. The lowest BCUT2D eigenvalue weighted by Gasteiger charge is -2.15. The van der Waals surface area contributed by atoms with E-state index in [4.69, 9.17) is 11.6 Å². The van der Waals surface area contributed by atoms with Crippen molar-refractivity contribution in [3.8, 4) is 11.5 Å². The smallest absolute Gasteiger partial charge is 0.224 e. The normalized spacial score (nSPS) is 14.4. The molecule has 0 saturated carbocycles. The van der Waals surface area contributed by atoms with Gasteiger partial charge >= 0.3 is 0 Å². The van der Waals surface area contributed by atoms with Gasteiger partial charge in [-0.2, -0.15) is 0 Å². The third-order valence-corrected chi connectivity index (χ3v) is 4.86. The topological polar surface area (TPSA) is 51.0 Å². The number of aryl methyl sites for hydroxylation is 1. The molecule has 25 heavy (non-hydrogen) atoms. The molecule has 0 aliphatic carbocycles. The summed E-state index contributed by atoms with van der Waals surface area (Å²) in [6.45, 7) is 2.40. The van der Waals surface area contributed by atoms with Crippen LogP contribution in [0.5, 0.6) is 0 Å². The zero-order valence-electron chi connectivity index (χ0n) is 13.9. The minimum Gasteiger partial charge on any atom is -0.343 e. The van der Waals surface area contributed by atoms with Crippen molar-refractivity contribution in [3.63, 3.8) is 0 Å². The Hall–Kier alpha value is -2.40. The number of carbonyl (C=O) groups excluding carboxylic acids is 1. The molecule has 1 fully saturated rings. The molecule has 1 aliphatic rings. The highest BCUT2D eigenvalue weighted by molar-refractivity contribution is 6.31. The molecule has 2 aromatic heterocycles. The van der Waals surface area contributed by atoms with Gasteiger partial charge in [0.15, 0.2) is 5.82 Å². The summed E-state index contributed by atoms with van der Waals surface area (Å²) < 4.78 is 2.00. The van der Waals surface area contributed by atoms with Crippen molar-refractivity contribution in [1.29, 1.82) is 0 Å². The van der Waals surface area contributed by atoms with E-state index in [-0.39, 0.29) is 5.91 Å². The molecule has 0 spiro atoms. The van der Waals surface area contributed by atoms with Gasteiger partial charge in [0.25, 0.3) is 0 Å². The van der Waals surface area contributed by atoms with Gasteiger partial charge in [0.2, 0.25) is 5.91 Å². The zero-order valence-corrected chi connectivity index (χ0v) is 14.6. The lowest BCUT2D eigenvalue weighted by molar-refractivity contribution is -0.130. The molecule has 1 aromatic carbocycles. The number of aromatic nitrogens is 3. The van der Waals surface area contributed by atoms with Crippen molar-refractivity contribution in [2.75, 3.05) is 13.1 Å². The van der Waals surface area contributed by atoms with Gasteiger partial charge in [-0.3, -0.25) is 4.79 Å². The van der Waals surface area contributed by atoms with Gasteiger partial charge in [0.05, 0.1) is 5.52 Å². The first-order valence-electron chi connectivity index (χ1n) is 8.56. The SMILES string of the molecule is O=C(CCn1ccnc1-c1ccc2cc(Cl)ccc2n1)N1CCCC1. The minimum absolute atomic E-state index is 0.221. The molecule has 0 radical (unpaired) electrons. The molecule has 0 atom stereocenters. The fraction of sp³-hybridized carbons (Fsp3) is 0.316. The van der Waals surface area contributed by atoms with Crippen molar-refractivity contribution in [2.24, 2.45) is 0 Å². The predicted octanol–water partition coefficient (Wildman–Crippen LogP) is 3.76.